The summed E-state index contributed by atoms with van der Waals surface area (Å²) in [6.45, 7) is 3.96. The molecular weight excluding hydrogens is 346 g/mol. The Kier molecular flexibility index (Phi) is 7.59. The molecule has 0 fully saturated rings. The van der Waals surface area contributed by atoms with Gasteiger partial charge in [-0.2, -0.15) is 5.10 Å². The summed E-state index contributed by atoms with van der Waals surface area (Å²) < 4.78 is 10.6. The van der Waals surface area contributed by atoms with Crippen LogP contribution in [0.4, 0.5) is 5.69 Å². The predicted octanol–water partition coefficient (Wildman–Crippen LogP) is 2.74. The molecule has 0 saturated heterocycles. The van der Waals surface area contributed by atoms with E-state index in [0.717, 1.165) is 0 Å². The molecule has 0 heterocycles. The number of ether oxygens (including phenoxy) is 2. The van der Waals surface area contributed by atoms with E-state index in [9.17, 15) is 9.59 Å². The number of amides is 2. The number of nitrogens with zero attached hydrogens (tertiary/aromatic N) is 1. The highest BCUT2D eigenvalue weighted by atomic mass is 16.5. The number of hydrogen-bond donors (Lipinski definition) is 2. The van der Waals surface area contributed by atoms with Crippen molar-refractivity contribution in [2.24, 2.45) is 5.10 Å². The van der Waals surface area contributed by atoms with E-state index in [1.54, 1.807) is 42.5 Å². The lowest BCUT2D eigenvalue weighted by atomic mass is 10.2. The van der Waals surface area contributed by atoms with Gasteiger partial charge in [0.25, 0.3) is 0 Å². The highest BCUT2D eigenvalue weighted by Crippen LogP contribution is 2.23. The Morgan fingerprint density at radius 2 is 1.78 bits per heavy atom. The fourth-order valence-corrected chi connectivity index (χ4v) is 2.17. The lowest BCUT2D eigenvalue weighted by Gasteiger charge is -2.09. The molecule has 0 aliphatic carbocycles. The van der Waals surface area contributed by atoms with Crippen LogP contribution in [-0.2, 0) is 9.59 Å². The van der Waals surface area contributed by atoms with E-state index in [2.05, 4.69) is 22.4 Å². The number of carbonyl (C=O) groups is 2. The lowest BCUT2D eigenvalue weighted by molar-refractivity contribution is -0.126. The van der Waals surface area contributed by atoms with Gasteiger partial charge < -0.3 is 14.8 Å². The molecule has 2 amide bonds. The van der Waals surface area contributed by atoms with Gasteiger partial charge in [-0.25, -0.2) is 5.43 Å². The Labute approximate surface area is 157 Å². The van der Waals surface area contributed by atoms with Crippen molar-refractivity contribution in [1.82, 2.24) is 5.43 Å². The summed E-state index contributed by atoms with van der Waals surface area (Å²) in [6, 6.07) is 14.2. The molecule has 0 aliphatic heterocycles. The van der Waals surface area contributed by atoms with E-state index in [1.807, 2.05) is 12.1 Å². The van der Waals surface area contributed by atoms with Gasteiger partial charge in [-0.05, 0) is 24.3 Å². The van der Waals surface area contributed by atoms with E-state index in [-0.39, 0.29) is 6.42 Å². The number of carbonyl (C=O) groups excluding carboxylic acids is 2. The highest BCUT2D eigenvalue weighted by Gasteiger charge is 2.11. The number of para-hydroxylation sites is 3. The first-order valence-electron chi connectivity index (χ1n) is 8.21. The van der Waals surface area contributed by atoms with Crippen LogP contribution in [-0.4, -0.2) is 31.7 Å². The maximum atomic E-state index is 12.0. The summed E-state index contributed by atoms with van der Waals surface area (Å²) in [5.41, 5.74) is 3.51. The molecule has 2 N–H and O–H groups in total. The Hall–Kier alpha value is -3.61. The summed E-state index contributed by atoms with van der Waals surface area (Å²) >= 11 is 0. The van der Waals surface area contributed by atoms with Crippen LogP contribution < -0.4 is 20.2 Å². The zero-order valence-corrected chi connectivity index (χ0v) is 15.0. The Balaban J connectivity index is 1.88. The SMILES string of the molecule is C=CCOc1ccccc1C=NNC(=O)CC(=O)Nc1ccccc1OC. The third-order valence-electron chi connectivity index (χ3n) is 3.37. The Morgan fingerprint density at radius 1 is 1.07 bits per heavy atom. The van der Waals surface area contributed by atoms with E-state index >= 15 is 0 Å². The number of methoxy groups -OCH3 is 1. The molecule has 7 heteroatoms. The molecule has 7 nitrogen and oxygen atoms in total. The second kappa shape index (κ2) is 10.4. The number of anilines is 1. The van der Waals surface area contributed by atoms with Crippen LogP contribution in [0.3, 0.4) is 0 Å². The summed E-state index contributed by atoms with van der Waals surface area (Å²) in [6.07, 6.45) is 2.72. The first-order chi connectivity index (χ1) is 13.1. The number of hydrazone groups is 1. The minimum Gasteiger partial charge on any atom is -0.495 e. The van der Waals surface area contributed by atoms with Gasteiger partial charge in [0.1, 0.15) is 24.5 Å². The molecule has 0 bridgehead atoms. The summed E-state index contributed by atoms with van der Waals surface area (Å²) in [5.74, 6) is 0.120. The van der Waals surface area contributed by atoms with Crippen molar-refractivity contribution in [2.75, 3.05) is 19.0 Å². The maximum absolute atomic E-state index is 12.0. The molecule has 140 valence electrons. The monoisotopic (exact) mass is 367 g/mol. The van der Waals surface area contributed by atoms with Gasteiger partial charge >= 0.3 is 0 Å². The zero-order chi connectivity index (χ0) is 19.5. The van der Waals surface area contributed by atoms with Crippen molar-refractivity contribution in [2.45, 2.75) is 6.42 Å². The van der Waals surface area contributed by atoms with Gasteiger partial charge in [0, 0.05) is 5.56 Å². The van der Waals surface area contributed by atoms with E-state index in [4.69, 9.17) is 9.47 Å². The third kappa shape index (κ3) is 6.32. The molecule has 0 aliphatic rings. The minimum atomic E-state index is -0.539. The predicted molar refractivity (Wildman–Crippen MR) is 104 cm³/mol. The molecule has 0 atom stereocenters. The zero-order valence-electron chi connectivity index (χ0n) is 15.0. The number of hydrogen-bond acceptors (Lipinski definition) is 5. The fourth-order valence-electron chi connectivity index (χ4n) is 2.17. The number of nitrogens with one attached hydrogen (secondary N) is 2. The van der Waals surface area contributed by atoms with Crippen molar-refractivity contribution in [3.8, 4) is 11.5 Å². The highest BCUT2D eigenvalue weighted by molar-refractivity contribution is 6.04. The van der Waals surface area contributed by atoms with Crippen molar-refractivity contribution < 1.29 is 19.1 Å². The van der Waals surface area contributed by atoms with Gasteiger partial charge in [0.15, 0.2) is 0 Å². The van der Waals surface area contributed by atoms with Crippen molar-refractivity contribution in [1.29, 1.82) is 0 Å². The molecule has 2 aromatic rings. The van der Waals surface area contributed by atoms with Crippen LogP contribution in [0, 0.1) is 0 Å². The fraction of sp³-hybridized carbons (Fsp3) is 0.150. The third-order valence-corrected chi connectivity index (χ3v) is 3.37. The van der Waals surface area contributed by atoms with Gasteiger partial charge in [-0.3, -0.25) is 9.59 Å². The normalized spacial score (nSPS) is 10.3. The molecule has 0 radical (unpaired) electrons. The first-order valence-corrected chi connectivity index (χ1v) is 8.21. The lowest BCUT2D eigenvalue weighted by Crippen LogP contribution is -2.24. The number of benzene rings is 2. The quantitative estimate of drug-likeness (QED) is 0.309. The molecule has 2 rings (SSSR count). The second-order valence-corrected chi connectivity index (χ2v) is 5.36. The van der Waals surface area contributed by atoms with Crippen LogP contribution >= 0.6 is 0 Å². The van der Waals surface area contributed by atoms with Crippen LogP contribution in [0.2, 0.25) is 0 Å². The molecule has 0 spiro atoms. The second-order valence-electron chi connectivity index (χ2n) is 5.36. The first kappa shape index (κ1) is 19.7. The van der Waals surface area contributed by atoms with E-state index in [0.29, 0.717) is 29.4 Å². The van der Waals surface area contributed by atoms with Crippen molar-refractivity contribution in [3.05, 3.63) is 66.7 Å². The summed E-state index contributed by atoms with van der Waals surface area (Å²) in [7, 11) is 1.50. The standard InChI is InChI=1S/C20H21N3O4/c1-3-12-27-17-10-6-4-8-15(17)14-21-23-20(25)13-19(24)22-16-9-5-7-11-18(16)26-2/h3-11,14H,1,12-13H2,2H3,(H,22,24)(H,23,25). The van der Waals surface area contributed by atoms with Crippen molar-refractivity contribution >= 4 is 23.7 Å². The molecule has 27 heavy (non-hydrogen) atoms. The largest absolute Gasteiger partial charge is 0.495 e. The van der Waals surface area contributed by atoms with Crippen molar-refractivity contribution in [3.63, 3.8) is 0 Å². The smallest absolute Gasteiger partial charge is 0.249 e. The van der Waals surface area contributed by atoms with Gasteiger partial charge in [0.2, 0.25) is 11.8 Å². The summed E-state index contributed by atoms with van der Waals surface area (Å²) in [5, 5.41) is 6.50. The average Bonchev–Trinajstić information content (AvgIpc) is 2.67. The molecule has 2 aromatic carbocycles. The van der Waals surface area contributed by atoms with Gasteiger partial charge in [-0.1, -0.05) is 36.9 Å². The Bertz CT molecular complexity index is 833. The van der Waals surface area contributed by atoms with Crippen LogP contribution in [0.5, 0.6) is 11.5 Å². The van der Waals surface area contributed by atoms with Crippen LogP contribution in [0.15, 0.2) is 66.3 Å². The topological polar surface area (TPSA) is 89.0 Å². The molecular formula is C20H21N3O4. The van der Waals surface area contributed by atoms with Gasteiger partial charge in [-0.15, -0.1) is 0 Å². The maximum Gasteiger partial charge on any atom is 0.249 e. The van der Waals surface area contributed by atoms with Gasteiger partial charge in [0.05, 0.1) is 19.0 Å². The molecule has 0 unspecified atom stereocenters. The van der Waals surface area contributed by atoms with E-state index in [1.165, 1.54) is 13.3 Å². The summed E-state index contributed by atoms with van der Waals surface area (Å²) in [4.78, 5) is 23.9. The number of rotatable bonds is 9. The Morgan fingerprint density at radius 3 is 2.52 bits per heavy atom. The van der Waals surface area contributed by atoms with Crippen LogP contribution in [0.25, 0.3) is 0 Å². The average molecular weight is 367 g/mol. The minimum absolute atomic E-state index is 0.361. The molecule has 0 aromatic heterocycles. The van der Waals surface area contributed by atoms with E-state index < -0.39 is 11.8 Å². The van der Waals surface area contributed by atoms with Crippen LogP contribution in [0.1, 0.15) is 12.0 Å². The molecule has 0 saturated carbocycles.